The first-order chi connectivity index (χ1) is 9.09. The zero-order valence-corrected chi connectivity index (χ0v) is 14.8. The van der Waals surface area contributed by atoms with Crippen LogP contribution in [0.2, 0.25) is 0 Å². The van der Waals surface area contributed by atoms with Gasteiger partial charge in [-0.15, -0.1) is 0 Å². The minimum absolute atomic E-state index is 0.0612. The SMILES string of the molecule is CCCCCCCCCCCCC(C)[C@H](Br)C(C)=O. The van der Waals surface area contributed by atoms with E-state index in [2.05, 4.69) is 29.8 Å². The molecule has 0 aromatic rings. The molecule has 0 aliphatic rings. The van der Waals surface area contributed by atoms with Crippen LogP contribution in [-0.2, 0) is 4.79 Å². The predicted molar refractivity (Wildman–Crippen MR) is 89.0 cm³/mol. The highest BCUT2D eigenvalue weighted by Crippen LogP contribution is 2.21. The summed E-state index contributed by atoms with van der Waals surface area (Å²) in [5.74, 6) is 0.742. The van der Waals surface area contributed by atoms with Gasteiger partial charge in [0.2, 0.25) is 0 Å². The van der Waals surface area contributed by atoms with E-state index < -0.39 is 0 Å². The van der Waals surface area contributed by atoms with Gasteiger partial charge in [0, 0.05) is 0 Å². The molecule has 0 amide bonds. The Hall–Kier alpha value is 0.150. The van der Waals surface area contributed by atoms with Crippen LogP contribution in [0.4, 0.5) is 0 Å². The molecule has 1 unspecified atom stereocenters. The smallest absolute Gasteiger partial charge is 0.143 e. The highest BCUT2D eigenvalue weighted by atomic mass is 79.9. The van der Waals surface area contributed by atoms with Gasteiger partial charge in [-0.2, -0.15) is 0 Å². The van der Waals surface area contributed by atoms with Crippen LogP contribution in [0, 0.1) is 5.92 Å². The van der Waals surface area contributed by atoms with Crippen molar-refractivity contribution in [1.29, 1.82) is 0 Å². The normalized spacial score (nSPS) is 14.3. The number of Topliss-reactive ketones (excluding diaryl/α,β-unsaturated/α-hetero) is 1. The van der Waals surface area contributed by atoms with E-state index in [1.165, 1.54) is 70.6 Å². The van der Waals surface area contributed by atoms with Crippen LogP contribution in [0.5, 0.6) is 0 Å². The molecule has 0 radical (unpaired) electrons. The lowest BCUT2D eigenvalue weighted by Gasteiger charge is -2.15. The second-order valence-corrected chi connectivity index (χ2v) is 6.95. The number of hydrogen-bond donors (Lipinski definition) is 0. The maximum atomic E-state index is 11.2. The van der Waals surface area contributed by atoms with Crippen molar-refractivity contribution in [3.8, 4) is 0 Å². The number of unbranched alkanes of at least 4 members (excludes halogenated alkanes) is 9. The van der Waals surface area contributed by atoms with Gasteiger partial charge in [0.05, 0.1) is 4.83 Å². The molecule has 19 heavy (non-hydrogen) atoms. The number of carbonyl (C=O) groups is 1. The Morgan fingerprint density at radius 2 is 1.32 bits per heavy atom. The first-order valence-electron chi connectivity index (χ1n) is 8.24. The minimum Gasteiger partial charge on any atom is -0.299 e. The Morgan fingerprint density at radius 1 is 0.895 bits per heavy atom. The van der Waals surface area contributed by atoms with E-state index >= 15 is 0 Å². The third-order valence-corrected chi connectivity index (χ3v) is 5.45. The molecule has 0 aromatic heterocycles. The van der Waals surface area contributed by atoms with Crippen molar-refractivity contribution in [1.82, 2.24) is 0 Å². The standard InChI is InChI=1S/C17H33BrO/c1-4-5-6-7-8-9-10-11-12-13-14-15(2)17(18)16(3)19/h15,17H,4-14H2,1-3H3/t15?,17-/m0/s1. The average Bonchev–Trinajstić information content (AvgIpc) is 2.39. The highest BCUT2D eigenvalue weighted by Gasteiger charge is 2.17. The van der Waals surface area contributed by atoms with Crippen LogP contribution in [0.25, 0.3) is 0 Å². The van der Waals surface area contributed by atoms with Crippen LogP contribution < -0.4 is 0 Å². The van der Waals surface area contributed by atoms with E-state index in [0.717, 1.165) is 0 Å². The van der Waals surface area contributed by atoms with Gasteiger partial charge in [0.15, 0.2) is 0 Å². The molecule has 0 saturated heterocycles. The van der Waals surface area contributed by atoms with Gasteiger partial charge >= 0.3 is 0 Å². The van der Waals surface area contributed by atoms with Crippen LogP contribution in [-0.4, -0.2) is 10.6 Å². The predicted octanol–water partition coefficient (Wildman–Crippen LogP) is 6.29. The molecule has 0 saturated carbocycles. The van der Waals surface area contributed by atoms with E-state index in [0.29, 0.717) is 5.92 Å². The fourth-order valence-corrected chi connectivity index (χ4v) is 2.77. The van der Waals surface area contributed by atoms with Crippen molar-refractivity contribution in [3.63, 3.8) is 0 Å². The number of rotatable bonds is 13. The lowest BCUT2D eigenvalue weighted by Crippen LogP contribution is -2.19. The maximum Gasteiger partial charge on any atom is 0.143 e. The first kappa shape index (κ1) is 19.1. The van der Waals surface area contributed by atoms with Crippen molar-refractivity contribution < 1.29 is 4.79 Å². The van der Waals surface area contributed by atoms with Gasteiger partial charge < -0.3 is 0 Å². The Labute approximate surface area is 129 Å². The largest absolute Gasteiger partial charge is 0.299 e. The summed E-state index contributed by atoms with van der Waals surface area (Å²) in [4.78, 5) is 11.3. The molecule has 0 N–H and O–H groups in total. The molecule has 1 nitrogen and oxygen atoms in total. The van der Waals surface area contributed by atoms with Gasteiger partial charge in [0.1, 0.15) is 5.78 Å². The average molecular weight is 333 g/mol. The van der Waals surface area contributed by atoms with Crippen LogP contribution >= 0.6 is 15.9 Å². The number of alkyl halides is 1. The summed E-state index contributed by atoms with van der Waals surface area (Å²) in [6, 6.07) is 0. The zero-order valence-electron chi connectivity index (χ0n) is 13.2. The molecular weight excluding hydrogens is 300 g/mol. The van der Waals surface area contributed by atoms with E-state index in [4.69, 9.17) is 0 Å². The first-order valence-corrected chi connectivity index (χ1v) is 9.15. The van der Waals surface area contributed by atoms with Gasteiger partial charge in [-0.25, -0.2) is 0 Å². The molecule has 2 atom stereocenters. The summed E-state index contributed by atoms with van der Waals surface area (Å²) in [6.45, 7) is 6.12. The van der Waals surface area contributed by atoms with E-state index in [1.807, 2.05) is 0 Å². The summed E-state index contributed by atoms with van der Waals surface area (Å²) in [5.41, 5.74) is 0. The van der Waals surface area contributed by atoms with Crippen molar-refractivity contribution in [2.45, 2.75) is 96.2 Å². The molecule has 0 aliphatic carbocycles. The van der Waals surface area contributed by atoms with Crippen LogP contribution in [0.3, 0.4) is 0 Å². The molecule has 0 rings (SSSR count). The molecule has 0 bridgehead atoms. The second-order valence-electron chi connectivity index (χ2n) is 5.96. The van der Waals surface area contributed by atoms with Crippen LogP contribution in [0.1, 0.15) is 91.4 Å². The van der Waals surface area contributed by atoms with Crippen LogP contribution in [0.15, 0.2) is 0 Å². The zero-order chi connectivity index (χ0) is 14.5. The Kier molecular flexibility index (Phi) is 13.3. The van der Waals surface area contributed by atoms with Crippen molar-refractivity contribution >= 4 is 21.7 Å². The Morgan fingerprint density at radius 3 is 1.74 bits per heavy atom. The Balaban J connectivity index is 3.25. The summed E-state index contributed by atoms with van der Waals surface area (Å²) in [7, 11) is 0. The summed E-state index contributed by atoms with van der Waals surface area (Å²) in [6.07, 6.45) is 15.0. The number of ketones is 1. The third-order valence-electron chi connectivity index (χ3n) is 3.90. The minimum atomic E-state index is 0.0612. The van der Waals surface area contributed by atoms with Crippen molar-refractivity contribution in [3.05, 3.63) is 0 Å². The number of hydrogen-bond acceptors (Lipinski definition) is 1. The fraction of sp³-hybridized carbons (Fsp3) is 0.941. The molecule has 0 heterocycles. The molecule has 0 spiro atoms. The van der Waals surface area contributed by atoms with E-state index in [9.17, 15) is 4.79 Å². The quantitative estimate of drug-likeness (QED) is 0.286. The van der Waals surface area contributed by atoms with Gasteiger partial charge in [-0.1, -0.05) is 94.0 Å². The third kappa shape index (κ3) is 11.7. The lowest BCUT2D eigenvalue weighted by molar-refractivity contribution is -0.117. The molecule has 114 valence electrons. The van der Waals surface area contributed by atoms with Gasteiger partial charge in [0.25, 0.3) is 0 Å². The summed E-state index contributed by atoms with van der Waals surface area (Å²) < 4.78 is 0. The second kappa shape index (κ2) is 13.1. The monoisotopic (exact) mass is 332 g/mol. The molecular formula is C17H33BrO. The number of carbonyl (C=O) groups excluding carboxylic acids is 1. The fourth-order valence-electron chi connectivity index (χ4n) is 2.50. The maximum absolute atomic E-state index is 11.2. The lowest BCUT2D eigenvalue weighted by atomic mass is 9.97. The molecule has 0 aromatic carbocycles. The topological polar surface area (TPSA) is 17.1 Å². The van der Waals surface area contributed by atoms with Gasteiger partial charge in [-0.3, -0.25) is 4.79 Å². The van der Waals surface area contributed by atoms with E-state index in [-0.39, 0.29) is 10.6 Å². The molecule has 0 aliphatic heterocycles. The number of halogens is 1. The molecule has 0 fully saturated rings. The van der Waals surface area contributed by atoms with Crippen molar-refractivity contribution in [2.24, 2.45) is 5.92 Å². The highest BCUT2D eigenvalue weighted by molar-refractivity contribution is 9.10. The van der Waals surface area contributed by atoms with Crippen molar-refractivity contribution in [2.75, 3.05) is 0 Å². The Bertz CT molecular complexity index is 215. The summed E-state index contributed by atoms with van der Waals surface area (Å²) >= 11 is 3.48. The van der Waals surface area contributed by atoms with Gasteiger partial charge in [-0.05, 0) is 19.3 Å². The van der Waals surface area contributed by atoms with E-state index in [1.54, 1.807) is 6.92 Å². The summed E-state index contributed by atoms with van der Waals surface area (Å²) in [5, 5.41) is 0. The molecule has 2 heteroatoms.